The smallest absolute Gasteiger partial charge is 0.326 e. The molecule has 126 valence electrons. The molecule has 2 atom stereocenters. The number of aryl methyl sites for hydroxylation is 2. The highest BCUT2D eigenvalue weighted by atomic mass is 16.4. The van der Waals surface area contributed by atoms with Crippen LogP contribution < -0.4 is 10.2 Å². The summed E-state index contributed by atoms with van der Waals surface area (Å²) in [4.78, 5) is 13.7. The summed E-state index contributed by atoms with van der Waals surface area (Å²) in [6.45, 7) is 9.09. The Morgan fingerprint density at radius 2 is 1.83 bits per heavy atom. The first-order valence-electron chi connectivity index (χ1n) is 8.75. The molecule has 2 unspecified atom stereocenters. The molecule has 1 aromatic rings. The summed E-state index contributed by atoms with van der Waals surface area (Å²) in [5.41, 5.74) is 4.85. The lowest BCUT2D eigenvalue weighted by atomic mass is 9.83. The molecule has 4 nitrogen and oxygen atoms in total. The normalized spacial score (nSPS) is 24.7. The van der Waals surface area contributed by atoms with Crippen LogP contribution in [-0.2, 0) is 17.6 Å². The van der Waals surface area contributed by atoms with E-state index in [0.29, 0.717) is 12.5 Å². The van der Waals surface area contributed by atoms with Gasteiger partial charge >= 0.3 is 5.97 Å². The van der Waals surface area contributed by atoms with E-state index >= 15 is 0 Å². The van der Waals surface area contributed by atoms with Crippen LogP contribution in [0.25, 0.3) is 0 Å². The fraction of sp³-hybridized carbons (Fsp3) is 0.632. The predicted molar refractivity (Wildman–Crippen MR) is 94.4 cm³/mol. The molecule has 0 amide bonds. The van der Waals surface area contributed by atoms with Crippen molar-refractivity contribution >= 4 is 17.3 Å². The zero-order valence-electron chi connectivity index (χ0n) is 14.6. The number of carboxylic acids is 1. The average molecular weight is 316 g/mol. The maximum absolute atomic E-state index is 11.6. The number of hydrogen-bond acceptors (Lipinski definition) is 3. The minimum Gasteiger partial charge on any atom is -0.480 e. The highest BCUT2D eigenvalue weighted by Crippen LogP contribution is 2.41. The number of nitrogens with zero attached hydrogens (tertiary/aromatic N) is 1. The number of anilines is 2. The second-order valence-corrected chi connectivity index (χ2v) is 7.68. The SMILES string of the molecule is CC(C(=O)O)N1CC(C)(C(C)C)Nc2cc3c(cc21)CCCC3. The standard InChI is InChI=1S/C19H28N2O2/c1-12(2)19(4)11-21(13(3)18(22)23)17-10-15-8-6-5-7-14(15)9-16(17)20-19/h9-10,12-13,20H,5-8,11H2,1-4H3,(H,22,23). The van der Waals surface area contributed by atoms with Crippen LogP contribution in [0, 0.1) is 5.92 Å². The van der Waals surface area contributed by atoms with Crippen LogP contribution in [0.5, 0.6) is 0 Å². The summed E-state index contributed by atoms with van der Waals surface area (Å²) in [5.74, 6) is -0.350. The van der Waals surface area contributed by atoms with Crippen molar-refractivity contribution in [2.24, 2.45) is 5.92 Å². The van der Waals surface area contributed by atoms with Gasteiger partial charge < -0.3 is 15.3 Å². The Bertz CT molecular complexity index is 626. The van der Waals surface area contributed by atoms with Crippen LogP contribution in [0.15, 0.2) is 12.1 Å². The van der Waals surface area contributed by atoms with Crippen LogP contribution in [0.1, 0.15) is 51.7 Å². The quantitative estimate of drug-likeness (QED) is 0.893. The fourth-order valence-corrected chi connectivity index (χ4v) is 3.70. The average Bonchev–Trinajstić information content (AvgIpc) is 2.51. The molecule has 2 aliphatic rings. The lowest BCUT2D eigenvalue weighted by Gasteiger charge is -2.48. The zero-order chi connectivity index (χ0) is 16.8. The van der Waals surface area contributed by atoms with Crippen LogP contribution >= 0.6 is 0 Å². The number of carboxylic acid groups (broad SMARTS) is 1. The predicted octanol–water partition coefficient (Wildman–Crippen LogP) is 3.69. The van der Waals surface area contributed by atoms with Crippen molar-refractivity contribution in [3.63, 3.8) is 0 Å². The Morgan fingerprint density at radius 3 is 2.39 bits per heavy atom. The van der Waals surface area contributed by atoms with Gasteiger partial charge in [0.1, 0.15) is 6.04 Å². The van der Waals surface area contributed by atoms with E-state index in [1.807, 2.05) is 0 Å². The molecule has 23 heavy (non-hydrogen) atoms. The Kier molecular flexibility index (Phi) is 4.03. The van der Waals surface area contributed by atoms with Crippen molar-refractivity contribution in [3.8, 4) is 0 Å². The third-order valence-electron chi connectivity index (χ3n) is 5.79. The summed E-state index contributed by atoms with van der Waals surface area (Å²) < 4.78 is 0. The van der Waals surface area contributed by atoms with Gasteiger partial charge in [-0.25, -0.2) is 4.79 Å². The first-order chi connectivity index (χ1) is 10.8. The molecule has 0 aromatic heterocycles. The van der Waals surface area contributed by atoms with Crippen LogP contribution in [0.2, 0.25) is 0 Å². The third kappa shape index (κ3) is 2.79. The Balaban J connectivity index is 2.09. The molecule has 0 spiro atoms. The highest BCUT2D eigenvalue weighted by Gasteiger charge is 2.39. The number of fused-ring (bicyclic) bond motifs is 2. The zero-order valence-corrected chi connectivity index (χ0v) is 14.6. The van der Waals surface area contributed by atoms with E-state index in [-0.39, 0.29) is 5.54 Å². The maximum Gasteiger partial charge on any atom is 0.326 e. The van der Waals surface area contributed by atoms with Crippen molar-refractivity contribution in [2.45, 2.75) is 65.0 Å². The molecule has 0 saturated heterocycles. The van der Waals surface area contributed by atoms with Crippen molar-refractivity contribution in [2.75, 3.05) is 16.8 Å². The van der Waals surface area contributed by atoms with Crippen molar-refractivity contribution < 1.29 is 9.90 Å². The third-order valence-corrected chi connectivity index (χ3v) is 5.79. The molecule has 0 bridgehead atoms. The molecule has 3 rings (SSSR count). The second kappa shape index (κ2) is 5.73. The topological polar surface area (TPSA) is 52.6 Å². The van der Waals surface area contributed by atoms with E-state index in [1.165, 1.54) is 24.0 Å². The van der Waals surface area contributed by atoms with Crippen molar-refractivity contribution in [3.05, 3.63) is 23.3 Å². The molecule has 1 aliphatic heterocycles. The minimum atomic E-state index is -0.762. The second-order valence-electron chi connectivity index (χ2n) is 7.68. The van der Waals surface area contributed by atoms with Gasteiger partial charge in [-0.15, -0.1) is 0 Å². The van der Waals surface area contributed by atoms with E-state index in [0.717, 1.165) is 24.2 Å². The van der Waals surface area contributed by atoms with Crippen LogP contribution in [0.4, 0.5) is 11.4 Å². The van der Waals surface area contributed by atoms with Gasteiger partial charge in [0, 0.05) is 6.54 Å². The lowest BCUT2D eigenvalue weighted by molar-refractivity contribution is -0.138. The largest absolute Gasteiger partial charge is 0.480 e. The molecule has 2 N–H and O–H groups in total. The number of hydrogen-bond donors (Lipinski definition) is 2. The molecule has 0 radical (unpaired) electrons. The van der Waals surface area contributed by atoms with Gasteiger partial charge in [0.15, 0.2) is 0 Å². The summed E-state index contributed by atoms with van der Waals surface area (Å²) in [6.07, 6.45) is 4.73. The van der Waals surface area contributed by atoms with Crippen molar-refractivity contribution in [1.82, 2.24) is 0 Å². The number of benzene rings is 1. The van der Waals surface area contributed by atoms with Gasteiger partial charge in [-0.05, 0) is 68.7 Å². The van der Waals surface area contributed by atoms with Gasteiger partial charge in [0.05, 0.1) is 16.9 Å². The monoisotopic (exact) mass is 316 g/mol. The Hall–Kier alpha value is -1.71. The van der Waals surface area contributed by atoms with E-state index in [9.17, 15) is 9.90 Å². The van der Waals surface area contributed by atoms with Crippen molar-refractivity contribution in [1.29, 1.82) is 0 Å². The van der Waals surface area contributed by atoms with Gasteiger partial charge in [-0.3, -0.25) is 0 Å². The summed E-state index contributed by atoms with van der Waals surface area (Å²) in [6, 6.07) is 3.98. The van der Waals surface area contributed by atoms with E-state index in [2.05, 4.69) is 43.1 Å². The molecule has 1 aromatic carbocycles. The van der Waals surface area contributed by atoms with Gasteiger partial charge in [-0.1, -0.05) is 13.8 Å². The van der Waals surface area contributed by atoms with Crippen LogP contribution in [-0.4, -0.2) is 29.2 Å². The minimum absolute atomic E-state index is 0.125. The Labute approximate surface area is 138 Å². The molecule has 1 aliphatic carbocycles. The van der Waals surface area contributed by atoms with Gasteiger partial charge in [-0.2, -0.15) is 0 Å². The first-order valence-corrected chi connectivity index (χ1v) is 8.75. The highest BCUT2D eigenvalue weighted by molar-refractivity contribution is 5.83. The molecule has 4 heteroatoms. The first kappa shape index (κ1) is 16.2. The van der Waals surface area contributed by atoms with Gasteiger partial charge in [0.25, 0.3) is 0 Å². The van der Waals surface area contributed by atoms with Crippen LogP contribution in [0.3, 0.4) is 0 Å². The van der Waals surface area contributed by atoms with E-state index in [1.54, 1.807) is 6.92 Å². The lowest BCUT2D eigenvalue weighted by Crippen LogP contribution is -2.57. The fourth-order valence-electron chi connectivity index (χ4n) is 3.70. The number of rotatable bonds is 3. The van der Waals surface area contributed by atoms with E-state index < -0.39 is 12.0 Å². The number of carbonyl (C=O) groups is 1. The van der Waals surface area contributed by atoms with E-state index in [4.69, 9.17) is 0 Å². The number of aliphatic carboxylic acids is 1. The molecular weight excluding hydrogens is 288 g/mol. The number of nitrogens with one attached hydrogen (secondary N) is 1. The summed E-state index contributed by atoms with van der Waals surface area (Å²) in [7, 11) is 0. The molecule has 0 fully saturated rings. The molecule has 0 saturated carbocycles. The molecule has 1 heterocycles. The molecular formula is C19H28N2O2. The maximum atomic E-state index is 11.6. The van der Waals surface area contributed by atoms with Gasteiger partial charge in [0.2, 0.25) is 0 Å². The summed E-state index contributed by atoms with van der Waals surface area (Å²) in [5, 5.41) is 13.3. The Morgan fingerprint density at radius 1 is 1.22 bits per heavy atom. The summed E-state index contributed by atoms with van der Waals surface area (Å²) >= 11 is 0.